The van der Waals surface area contributed by atoms with Crippen molar-refractivity contribution in [1.82, 2.24) is 9.55 Å². The lowest BCUT2D eigenvalue weighted by Gasteiger charge is -2.44. The summed E-state index contributed by atoms with van der Waals surface area (Å²) in [5.41, 5.74) is -0.374. The highest BCUT2D eigenvalue weighted by Gasteiger charge is 2.55. The molecule has 5 rings (SSSR count). The number of H-pyrrole nitrogens is 1. The maximum Gasteiger partial charge on any atom is 0.330 e. The fraction of sp³-hybridized carbons (Fsp3) is 0.389. The predicted octanol–water partition coefficient (Wildman–Crippen LogP) is 5.62. The zero-order valence-electron chi connectivity index (χ0n) is 29.2. The van der Waals surface area contributed by atoms with Gasteiger partial charge in [0, 0.05) is 12.3 Å². The molecule has 12 nitrogen and oxygen atoms in total. The molecule has 1 aliphatic heterocycles. The highest BCUT2D eigenvalue weighted by molar-refractivity contribution is 7.32. The van der Waals surface area contributed by atoms with Gasteiger partial charge in [-0.25, -0.2) is 4.79 Å². The SMILES string of the molecule is COc1ccc(C(OC2C(O[Si](C)(C)C(C)(C)C)[C@H](n3ccc(=O)[nH]c3=O)O[C@@H]2CO[PH](=O)O)(c2ccccc2)c2ccc(OC)cc2)cc1. The molecule has 3 unspecified atom stereocenters. The van der Waals surface area contributed by atoms with Crippen molar-refractivity contribution in [3.05, 3.63) is 129 Å². The number of aromatic nitrogens is 2. The van der Waals surface area contributed by atoms with Crippen molar-refractivity contribution in [3.63, 3.8) is 0 Å². The van der Waals surface area contributed by atoms with E-state index in [1.54, 1.807) is 14.2 Å². The van der Waals surface area contributed by atoms with E-state index in [1.165, 1.54) is 16.8 Å². The van der Waals surface area contributed by atoms with Crippen molar-refractivity contribution >= 4 is 16.6 Å². The molecule has 0 amide bonds. The molecule has 4 aromatic rings. The first-order chi connectivity index (χ1) is 23.7. The van der Waals surface area contributed by atoms with E-state index >= 15 is 0 Å². The van der Waals surface area contributed by atoms with Crippen molar-refractivity contribution < 1.29 is 37.4 Å². The van der Waals surface area contributed by atoms with Gasteiger partial charge in [0.1, 0.15) is 35.4 Å². The summed E-state index contributed by atoms with van der Waals surface area (Å²) in [7, 11) is -2.86. The summed E-state index contributed by atoms with van der Waals surface area (Å²) in [6.07, 6.45) is -2.71. The van der Waals surface area contributed by atoms with Crippen LogP contribution < -0.4 is 20.7 Å². The molecular formula is C36H45N2O10PSi. The lowest BCUT2D eigenvalue weighted by Crippen LogP contribution is -2.52. The van der Waals surface area contributed by atoms with Crippen molar-refractivity contribution in [1.29, 1.82) is 0 Å². The van der Waals surface area contributed by atoms with Gasteiger partial charge in [-0.15, -0.1) is 0 Å². The van der Waals surface area contributed by atoms with Crippen LogP contribution in [0.15, 0.2) is 101 Å². The second kappa shape index (κ2) is 15.2. The third-order valence-corrected chi connectivity index (χ3v) is 14.4. The van der Waals surface area contributed by atoms with Crippen LogP contribution in [0.1, 0.15) is 43.7 Å². The zero-order chi connectivity index (χ0) is 36.3. The summed E-state index contributed by atoms with van der Waals surface area (Å²) in [5.74, 6) is 1.29. The van der Waals surface area contributed by atoms with Gasteiger partial charge in [-0.2, -0.15) is 0 Å². The average molecular weight is 725 g/mol. The van der Waals surface area contributed by atoms with Crippen LogP contribution in [0.2, 0.25) is 18.1 Å². The molecule has 5 atom stereocenters. The van der Waals surface area contributed by atoms with Crippen LogP contribution in [-0.4, -0.2) is 61.9 Å². The number of aromatic amines is 1. The van der Waals surface area contributed by atoms with Crippen LogP contribution in [0.4, 0.5) is 0 Å². The van der Waals surface area contributed by atoms with Crippen LogP contribution in [-0.2, 0) is 28.6 Å². The summed E-state index contributed by atoms with van der Waals surface area (Å²) in [5, 5.41) is -0.272. The Morgan fingerprint density at radius 2 is 1.38 bits per heavy atom. The molecule has 0 aliphatic carbocycles. The van der Waals surface area contributed by atoms with Crippen LogP contribution in [0.25, 0.3) is 0 Å². The van der Waals surface area contributed by atoms with E-state index in [-0.39, 0.29) is 11.6 Å². The summed E-state index contributed by atoms with van der Waals surface area (Å²) in [6.45, 7) is 10.1. The minimum Gasteiger partial charge on any atom is -0.497 e. The molecule has 0 spiro atoms. The number of hydrogen-bond donors (Lipinski definition) is 2. The maximum atomic E-state index is 13.3. The Labute approximate surface area is 293 Å². The normalized spacial score (nSPS) is 20.4. The third kappa shape index (κ3) is 7.74. The fourth-order valence-corrected chi connectivity index (χ4v) is 7.46. The number of hydrogen-bond acceptors (Lipinski definition) is 9. The molecule has 0 saturated carbocycles. The summed E-state index contributed by atoms with van der Waals surface area (Å²) in [4.78, 5) is 37.5. The first-order valence-corrected chi connectivity index (χ1v) is 20.4. The summed E-state index contributed by atoms with van der Waals surface area (Å²) >= 11 is 0. The fourth-order valence-electron chi connectivity index (χ4n) is 5.86. The number of methoxy groups -OCH3 is 2. The van der Waals surface area contributed by atoms with Crippen LogP contribution in [0.3, 0.4) is 0 Å². The Morgan fingerprint density at radius 3 is 1.86 bits per heavy atom. The van der Waals surface area contributed by atoms with Crippen molar-refractivity contribution in [2.75, 3.05) is 20.8 Å². The third-order valence-electron chi connectivity index (χ3n) is 9.51. The first kappa shape index (κ1) is 37.4. The van der Waals surface area contributed by atoms with Gasteiger partial charge in [-0.3, -0.25) is 18.9 Å². The number of benzene rings is 3. The van der Waals surface area contributed by atoms with E-state index < -0.39 is 58.0 Å². The molecule has 1 aromatic heterocycles. The van der Waals surface area contributed by atoms with Gasteiger partial charge in [-0.1, -0.05) is 75.4 Å². The molecule has 2 N–H and O–H groups in total. The average Bonchev–Trinajstić information content (AvgIpc) is 3.41. The smallest absolute Gasteiger partial charge is 0.330 e. The standard InChI is InChI=1S/C36H45N2O10PSi/c1-35(2,3)50(6,7)48-32-31(29(23-45-49(41)42)46-33(32)38-22-21-30(39)37-34(38)40)47-36(24-11-9-8-10-12-24,25-13-17-27(43-4)18-14-25)26-15-19-28(44-5)20-16-26/h8-22,29,31-33,49H,23H2,1-7H3,(H,41,42)(H,37,39,40)/t29-,31?,32?,33-/m1/s1. The molecule has 0 radical (unpaired) electrons. The van der Waals surface area contributed by atoms with Gasteiger partial charge in [0.25, 0.3) is 5.56 Å². The van der Waals surface area contributed by atoms with Crippen LogP contribution in [0.5, 0.6) is 11.5 Å². The molecule has 268 valence electrons. The lowest BCUT2D eigenvalue weighted by atomic mass is 9.79. The predicted molar refractivity (Wildman–Crippen MR) is 192 cm³/mol. The minimum absolute atomic E-state index is 0.272. The van der Waals surface area contributed by atoms with Crippen molar-refractivity contribution in [2.45, 2.75) is 69.0 Å². The Hall–Kier alpha value is -3.81. The van der Waals surface area contributed by atoms with Gasteiger partial charge in [-0.05, 0) is 59.1 Å². The first-order valence-electron chi connectivity index (χ1n) is 16.2. The highest BCUT2D eigenvalue weighted by Crippen LogP contribution is 2.48. The largest absolute Gasteiger partial charge is 0.497 e. The topological polar surface area (TPSA) is 148 Å². The van der Waals surface area contributed by atoms with E-state index in [0.717, 1.165) is 16.7 Å². The van der Waals surface area contributed by atoms with Gasteiger partial charge in [0.2, 0.25) is 0 Å². The van der Waals surface area contributed by atoms with Gasteiger partial charge < -0.3 is 32.8 Å². The molecule has 2 heterocycles. The number of ether oxygens (including phenoxy) is 4. The maximum absolute atomic E-state index is 13.3. The van der Waals surface area contributed by atoms with Crippen LogP contribution in [0, 0.1) is 0 Å². The Balaban J connectivity index is 1.79. The van der Waals surface area contributed by atoms with Crippen LogP contribution >= 0.6 is 8.25 Å². The Morgan fingerprint density at radius 1 is 0.840 bits per heavy atom. The summed E-state index contributed by atoms with van der Waals surface area (Å²) < 4.78 is 50.6. The molecule has 0 bridgehead atoms. The quantitative estimate of drug-likeness (QED) is 0.101. The van der Waals surface area contributed by atoms with Gasteiger partial charge in [0.15, 0.2) is 14.5 Å². The van der Waals surface area contributed by atoms with E-state index in [1.807, 2.05) is 78.9 Å². The molecule has 50 heavy (non-hydrogen) atoms. The number of nitrogens with one attached hydrogen (secondary N) is 1. The second-order valence-corrected chi connectivity index (χ2v) is 19.2. The molecule has 14 heteroatoms. The lowest BCUT2D eigenvalue weighted by molar-refractivity contribution is -0.108. The number of rotatable bonds is 13. The zero-order valence-corrected chi connectivity index (χ0v) is 31.2. The van der Waals surface area contributed by atoms with Crippen molar-refractivity contribution in [2.24, 2.45) is 0 Å². The van der Waals surface area contributed by atoms with E-state index in [2.05, 4.69) is 38.8 Å². The molecule has 3 aromatic carbocycles. The van der Waals surface area contributed by atoms with E-state index in [4.69, 9.17) is 27.9 Å². The summed E-state index contributed by atoms with van der Waals surface area (Å²) in [6, 6.07) is 25.9. The second-order valence-electron chi connectivity index (χ2n) is 13.6. The monoisotopic (exact) mass is 724 g/mol. The van der Waals surface area contributed by atoms with Gasteiger partial charge in [0.05, 0.1) is 20.8 Å². The molecular weight excluding hydrogens is 679 g/mol. The van der Waals surface area contributed by atoms with E-state index in [0.29, 0.717) is 11.5 Å². The highest BCUT2D eigenvalue weighted by atomic mass is 31.1. The van der Waals surface area contributed by atoms with Gasteiger partial charge >= 0.3 is 13.9 Å². The van der Waals surface area contributed by atoms with Crippen molar-refractivity contribution in [3.8, 4) is 11.5 Å². The molecule has 1 aliphatic rings. The molecule has 1 fully saturated rings. The Kier molecular flexibility index (Phi) is 11.4. The van der Waals surface area contributed by atoms with E-state index in [9.17, 15) is 19.0 Å². The number of nitrogens with zero attached hydrogens (tertiary/aromatic N) is 1. The minimum atomic E-state index is -3.39. The molecule has 1 saturated heterocycles. The Bertz CT molecular complexity index is 1830.